The van der Waals surface area contributed by atoms with Crippen molar-refractivity contribution in [3.8, 4) is 11.7 Å². The van der Waals surface area contributed by atoms with Gasteiger partial charge < -0.3 is 15.4 Å². The second-order valence-electron chi connectivity index (χ2n) is 11.7. The lowest BCUT2D eigenvalue weighted by molar-refractivity contribution is -0.190. The molecule has 0 spiro atoms. The van der Waals surface area contributed by atoms with Gasteiger partial charge in [-0.1, -0.05) is 17.7 Å². The Morgan fingerprint density at radius 1 is 1.19 bits per heavy atom. The van der Waals surface area contributed by atoms with Crippen LogP contribution in [-0.4, -0.2) is 56.6 Å². The maximum Gasteiger partial charge on any atom is 0.394 e. The van der Waals surface area contributed by atoms with E-state index in [0.29, 0.717) is 16.9 Å². The minimum absolute atomic E-state index is 0.0297. The molecule has 2 fully saturated rings. The van der Waals surface area contributed by atoms with Crippen molar-refractivity contribution in [3.63, 3.8) is 0 Å². The van der Waals surface area contributed by atoms with Crippen molar-refractivity contribution in [1.82, 2.24) is 29.8 Å². The molecule has 1 unspecified atom stereocenters. The van der Waals surface area contributed by atoms with E-state index in [-0.39, 0.29) is 48.0 Å². The van der Waals surface area contributed by atoms with Crippen molar-refractivity contribution in [2.45, 2.75) is 81.6 Å². The fraction of sp³-hybridized carbons (Fsp3) is 0.517. The number of rotatable bonds is 13. The zero-order chi connectivity index (χ0) is 30.7. The average molecular weight is 638 g/mol. The van der Waals surface area contributed by atoms with Gasteiger partial charge in [-0.05, 0) is 83.1 Å². The SMILES string of the molecule is CC1(C)CCC(CCCNc2cccc(SNC(=O)c3ccc(-n4ccc(OCCC5(C(F)(F)F)CC5)n4)nc3Cl)n2)N1. The molecule has 232 valence electrons. The molecule has 0 aromatic carbocycles. The van der Waals surface area contributed by atoms with Gasteiger partial charge in [-0.25, -0.2) is 14.6 Å². The van der Waals surface area contributed by atoms with E-state index in [2.05, 4.69) is 44.3 Å². The molecule has 5 rings (SSSR count). The van der Waals surface area contributed by atoms with E-state index in [1.807, 2.05) is 12.1 Å². The van der Waals surface area contributed by atoms with E-state index in [4.69, 9.17) is 16.3 Å². The Kier molecular flexibility index (Phi) is 9.43. The molecule has 1 amide bonds. The van der Waals surface area contributed by atoms with Gasteiger partial charge in [0.1, 0.15) is 16.0 Å². The highest BCUT2D eigenvalue weighted by atomic mass is 35.5. The van der Waals surface area contributed by atoms with Crippen LogP contribution in [0, 0.1) is 5.41 Å². The first-order valence-electron chi connectivity index (χ1n) is 14.3. The van der Waals surface area contributed by atoms with Crippen LogP contribution in [0.25, 0.3) is 5.82 Å². The van der Waals surface area contributed by atoms with Gasteiger partial charge in [0.15, 0.2) is 5.82 Å². The molecular weight excluding hydrogens is 603 g/mol. The van der Waals surface area contributed by atoms with Crippen molar-refractivity contribution < 1.29 is 22.7 Å². The fourth-order valence-corrected chi connectivity index (χ4v) is 5.98. The van der Waals surface area contributed by atoms with Gasteiger partial charge in [0, 0.05) is 42.3 Å². The minimum atomic E-state index is -4.22. The number of carbonyl (C=O) groups is 1. The molecule has 2 aliphatic rings. The molecule has 3 N–H and O–H groups in total. The largest absolute Gasteiger partial charge is 0.477 e. The van der Waals surface area contributed by atoms with Crippen LogP contribution in [0.2, 0.25) is 5.15 Å². The van der Waals surface area contributed by atoms with E-state index in [9.17, 15) is 18.0 Å². The molecule has 14 heteroatoms. The molecule has 1 atom stereocenters. The Morgan fingerprint density at radius 2 is 2.00 bits per heavy atom. The summed E-state index contributed by atoms with van der Waals surface area (Å²) in [5, 5.41) is 11.8. The number of anilines is 1. The van der Waals surface area contributed by atoms with E-state index in [1.54, 1.807) is 18.3 Å². The van der Waals surface area contributed by atoms with Gasteiger partial charge in [0.25, 0.3) is 5.91 Å². The Labute approximate surface area is 257 Å². The van der Waals surface area contributed by atoms with Crippen LogP contribution < -0.4 is 20.1 Å². The third-order valence-corrected chi connectivity index (χ3v) is 8.90. The number of aromatic nitrogens is 4. The van der Waals surface area contributed by atoms with Crippen LogP contribution in [0.4, 0.5) is 19.0 Å². The number of ether oxygens (including phenoxy) is 1. The summed E-state index contributed by atoms with van der Waals surface area (Å²) in [4.78, 5) is 21.6. The summed E-state index contributed by atoms with van der Waals surface area (Å²) in [5.74, 6) is 0.793. The molecule has 3 aromatic rings. The van der Waals surface area contributed by atoms with Gasteiger partial charge >= 0.3 is 6.18 Å². The van der Waals surface area contributed by atoms with Crippen LogP contribution in [-0.2, 0) is 0 Å². The minimum Gasteiger partial charge on any atom is -0.477 e. The van der Waals surface area contributed by atoms with Crippen LogP contribution >= 0.6 is 23.5 Å². The lowest BCUT2D eigenvalue weighted by Gasteiger charge is -2.20. The Hall–Kier alpha value is -3.03. The highest BCUT2D eigenvalue weighted by Gasteiger charge is 2.62. The van der Waals surface area contributed by atoms with Crippen molar-refractivity contribution in [2.75, 3.05) is 18.5 Å². The number of halogens is 4. The fourth-order valence-electron chi connectivity index (χ4n) is 5.15. The monoisotopic (exact) mass is 637 g/mol. The summed E-state index contributed by atoms with van der Waals surface area (Å²) in [6.45, 7) is 5.20. The summed E-state index contributed by atoms with van der Waals surface area (Å²) < 4.78 is 48.9. The standard InChI is InChI=1S/C29H35ClF3N7O2S/c1-27(2)12-10-19(37-27)5-4-16-34-21-6-3-7-24(35-21)43-39-26(41)20-8-9-22(36-25(20)30)40-17-11-23(38-40)42-18-15-28(13-14-28)29(31,32)33/h3,6-9,11,17,19,37H,4-5,10,12-16,18H2,1-2H3,(H,34,35)(H,39,41). The lowest BCUT2D eigenvalue weighted by atomic mass is 10.0. The van der Waals surface area contributed by atoms with E-state index in [1.165, 1.54) is 29.7 Å². The zero-order valence-electron chi connectivity index (χ0n) is 24.0. The summed E-state index contributed by atoms with van der Waals surface area (Å²) >= 11 is 7.39. The van der Waals surface area contributed by atoms with Gasteiger partial charge in [0.2, 0.25) is 5.88 Å². The summed E-state index contributed by atoms with van der Waals surface area (Å²) in [5.41, 5.74) is -1.23. The van der Waals surface area contributed by atoms with Crippen LogP contribution in [0.1, 0.15) is 69.2 Å². The average Bonchev–Trinajstić information content (AvgIpc) is 3.48. The molecular formula is C29H35ClF3N7O2S. The third-order valence-electron chi connectivity index (χ3n) is 7.88. The number of nitrogens with one attached hydrogen (secondary N) is 3. The molecule has 1 aliphatic heterocycles. The number of alkyl halides is 3. The number of nitrogens with zero attached hydrogens (tertiary/aromatic N) is 4. The quantitative estimate of drug-likeness (QED) is 0.110. The number of hydrogen-bond acceptors (Lipinski definition) is 8. The Bertz CT molecular complexity index is 1430. The number of hydrogen-bond donors (Lipinski definition) is 3. The number of amides is 1. The molecule has 9 nitrogen and oxygen atoms in total. The van der Waals surface area contributed by atoms with E-state index >= 15 is 0 Å². The summed E-state index contributed by atoms with van der Waals surface area (Å²) in [6.07, 6.45) is 2.03. The van der Waals surface area contributed by atoms with Crippen molar-refractivity contribution in [3.05, 3.63) is 53.3 Å². The van der Waals surface area contributed by atoms with Gasteiger partial charge in [-0.2, -0.15) is 13.2 Å². The second-order valence-corrected chi connectivity index (χ2v) is 12.9. The Balaban J connectivity index is 1.08. The van der Waals surface area contributed by atoms with Gasteiger partial charge in [0.05, 0.1) is 17.6 Å². The second kappa shape index (κ2) is 12.9. The first kappa shape index (κ1) is 31.4. The first-order valence-corrected chi connectivity index (χ1v) is 15.5. The van der Waals surface area contributed by atoms with E-state index in [0.717, 1.165) is 37.2 Å². The summed E-state index contributed by atoms with van der Waals surface area (Å²) in [6, 6.07) is 10.7. The number of pyridine rings is 2. The number of carbonyl (C=O) groups excluding carboxylic acids is 1. The lowest BCUT2D eigenvalue weighted by Crippen LogP contribution is -2.37. The highest BCUT2D eigenvalue weighted by molar-refractivity contribution is 7.97. The molecule has 43 heavy (non-hydrogen) atoms. The van der Waals surface area contributed by atoms with E-state index < -0.39 is 17.5 Å². The smallest absolute Gasteiger partial charge is 0.394 e. The molecule has 0 bridgehead atoms. The molecule has 4 heterocycles. The zero-order valence-corrected chi connectivity index (χ0v) is 25.6. The highest BCUT2D eigenvalue weighted by Crippen LogP contribution is 2.59. The van der Waals surface area contributed by atoms with Gasteiger partial charge in [-0.3, -0.25) is 9.52 Å². The van der Waals surface area contributed by atoms with Crippen molar-refractivity contribution in [2.24, 2.45) is 5.41 Å². The molecule has 3 aromatic heterocycles. The van der Waals surface area contributed by atoms with Crippen molar-refractivity contribution in [1.29, 1.82) is 0 Å². The molecule has 1 saturated carbocycles. The maximum absolute atomic E-state index is 13.1. The predicted octanol–water partition coefficient (Wildman–Crippen LogP) is 6.59. The maximum atomic E-state index is 13.1. The Morgan fingerprint density at radius 3 is 2.70 bits per heavy atom. The molecule has 0 radical (unpaired) electrons. The predicted molar refractivity (Wildman–Crippen MR) is 160 cm³/mol. The summed E-state index contributed by atoms with van der Waals surface area (Å²) in [7, 11) is 0. The third kappa shape index (κ3) is 8.12. The van der Waals surface area contributed by atoms with Crippen molar-refractivity contribution >= 4 is 35.3 Å². The van der Waals surface area contributed by atoms with Crippen LogP contribution in [0.5, 0.6) is 5.88 Å². The van der Waals surface area contributed by atoms with Gasteiger partial charge in [-0.15, -0.1) is 5.10 Å². The van der Waals surface area contributed by atoms with Crippen LogP contribution in [0.3, 0.4) is 0 Å². The molecule has 1 saturated heterocycles. The first-order chi connectivity index (χ1) is 20.4. The topological polar surface area (TPSA) is 106 Å². The molecule has 1 aliphatic carbocycles. The normalized spacial score (nSPS) is 18.8. The van der Waals surface area contributed by atoms with Crippen LogP contribution in [0.15, 0.2) is 47.6 Å².